The summed E-state index contributed by atoms with van der Waals surface area (Å²) in [6.07, 6.45) is 3.95. The zero-order chi connectivity index (χ0) is 9.94. The van der Waals surface area contributed by atoms with Crippen molar-refractivity contribution in [3.05, 3.63) is 0 Å². The van der Waals surface area contributed by atoms with Gasteiger partial charge in [0.2, 0.25) is 0 Å². The summed E-state index contributed by atoms with van der Waals surface area (Å²) in [5, 5.41) is 20.5. The van der Waals surface area contributed by atoms with E-state index in [-0.39, 0.29) is 6.61 Å². The maximum absolute atomic E-state index is 8.97. The van der Waals surface area contributed by atoms with Gasteiger partial charge in [0.25, 0.3) is 0 Å². The highest BCUT2D eigenvalue weighted by molar-refractivity contribution is 4.57. The second-order valence-electron chi connectivity index (χ2n) is 3.24. The quantitative estimate of drug-likeness (QED) is 0.368. The third-order valence-corrected chi connectivity index (χ3v) is 1.90. The van der Waals surface area contributed by atoms with Gasteiger partial charge in [-0.2, -0.15) is 0 Å². The highest BCUT2D eigenvalue weighted by atomic mass is 16.3. The van der Waals surface area contributed by atoms with Gasteiger partial charge < -0.3 is 21.3 Å². The van der Waals surface area contributed by atoms with Crippen molar-refractivity contribution in [1.29, 1.82) is 0 Å². The fraction of sp³-hybridized carbons (Fsp3) is 1.00. The highest BCUT2D eigenvalue weighted by Crippen LogP contribution is 1.96. The smallest absolute Gasteiger partial charge is 0.0894 e. The number of aliphatic hydroxyl groups is 2. The molecule has 0 aliphatic rings. The van der Waals surface area contributed by atoms with Crippen LogP contribution in [0.4, 0.5) is 0 Å². The van der Waals surface area contributed by atoms with Crippen molar-refractivity contribution in [3.63, 3.8) is 0 Å². The van der Waals surface area contributed by atoms with Crippen molar-refractivity contribution in [2.24, 2.45) is 5.73 Å². The highest BCUT2D eigenvalue weighted by Gasteiger charge is 1.98. The summed E-state index contributed by atoms with van der Waals surface area (Å²) in [7, 11) is 0. The van der Waals surface area contributed by atoms with Crippen LogP contribution in [0.25, 0.3) is 0 Å². The van der Waals surface area contributed by atoms with Crippen LogP contribution in [-0.4, -0.2) is 42.6 Å². The number of unbranched alkanes of at least 4 members (excludes halogenated alkanes) is 3. The molecule has 80 valence electrons. The predicted molar refractivity (Wildman–Crippen MR) is 53.5 cm³/mol. The molecule has 0 aromatic carbocycles. The van der Waals surface area contributed by atoms with E-state index in [1.807, 2.05) is 0 Å². The first-order chi connectivity index (χ1) is 6.31. The second-order valence-corrected chi connectivity index (χ2v) is 3.24. The fourth-order valence-corrected chi connectivity index (χ4v) is 1.08. The van der Waals surface area contributed by atoms with Crippen LogP contribution in [0.3, 0.4) is 0 Å². The lowest BCUT2D eigenvalue weighted by atomic mass is 10.2. The first-order valence-corrected chi connectivity index (χ1v) is 5.01. The number of rotatable bonds is 9. The summed E-state index contributed by atoms with van der Waals surface area (Å²) < 4.78 is 0. The van der Waals surface area contributed by atoms with Gasteiger partial charge >= 0.3 is 0 Å². The minimum Gasteiger partial charge on any atom is -0.394 e. The van der Waals surface area contributed by atoms with Crippen molar-refractivity contribution in [1.82, 2.24) is 5.32 Å². The third-order valence-electron chi connectivity index (χ3n) is 1.90. The summed E-state index contributed by atoms with van der Waals surface area (Å²) in [6.45, 7) is 1.99. The van der Waals surface area contributed by atoms with Gasteiger partial charge in [-0.05, 0) is 25.9 Å². The molecule has 4 nitrogen and oxygen atoms in total. The van der Waals surface area contributed by atoms with E-state index in [9.17, 15) is 0 Å². The Balaban J connectivity index is 2.91. The number of nitrogens with two attached hydrogens (primary N) is 1. The van der Waals surface area contributed by atoms with E-state index in [4.69, 9.17) is 15.9 Å². The average Bonchev–Trinajstić information content (AvgIpc) is 2.16. The predicted octanol–water partition coefficient (Wildman–Crippen LogP) is -0.552. The molecule has 0 rings (SSSR count). The SMILES string of the molecule is NCCCCCCNCC(O)CO. The van der Waals surface area contributed by atoms with Gasteiger partial charge in [0, 0.05) is 6.54 Å². The lowest BCUT2D eigenvalue weighted by molar-refractivity contribution is 0.0945. The van der Waals surface area contributed by atoms with Gasteiger partial charge in [0.15, 0.2) is 0 Å². The first-order valence-electron chi connectivity index (χ1n) is 5.01. The van der Waals surface area contributed by atoms with Gasteiger partial charge in [0.1, 0.15) is 0 Å². The minimum atomic E-state index is -0.621. The zero-order valence-corrected chi connectivity index (χ0v) is 8.21. The first kappa shape index (κ1) is 12.8. The van der Waals surface area contributed by atoms with E-state index in [2.05, 4.69) is 5.32 Å². The summed E-state index contributed by atoms with van der Waals surface area (Å²) in [6, 6.07) is 0. The van der Waals surface area contributed by atoms with Crippen molar-refractivity contribution in [2.75, 3.05) is 26.2 Å². The maximum Gasteiger partial charge on any atom is 0.0894 e. The van der Waals surface area contributed by atoms with Crippen LogP contribution in [0.2, 0.25) is 0 Å². The normalized spacial score (nSPS) is 13.2. The van der Waals surface area contributed by atoms with E-state index in [1.54, 1.807) is 0 Å². The lowest BCUT2D eigenvalue weighted by Crippen LogP contribution is -2.29. The minimum absolute atomic E-state index is 0.166. The molecule has 0 radical (unpaired) electrons. The molecule has 0 fully saturated rings. The molecule has 0 bridgehead atoms. The average molecular weight is 190 g/mol. The molecular formula is C9H22N2O2. The summed E-state index contributed by atoms with van der Waals surface area (Å²) in [5.74, 6) is 0. The molecule has 5 N–H and O–H groups in total. The third kappa shape index (κ3) is 9.76. The van der Waals surface area contributed by atoms with E-state index >= 15 is 0 Å². The van der Waals surface area contributed by atoms with Gasteiger partial charge in [-0.25, -0.2) is 0 Å². The van der Waals surface area contributed by atoms with E-state index in [1.165, 1.54) is 12.8 Å². The molecule has 0 aromatic heterocycles. The Kier molecular flexibility index (Phi) is 9.80. The second kappa shape index (κ2) is 9.92. The maximum atomic E-state index is 8.97. The molecule has 0 spiro atoms. The molecule has 0 aliphatic heterocycles. The lowest BCUT2D eigenvalue weighted by Gasteiger charge is -2.08. The Hall–Kier alpha value is -0.160. The van der Waals surface area contributed by atoms with E-state index < -0.39 is 6.10 Å². The standard InChI is InChI=1S/C9H22N2O2/c10-5-3-1-2-4-6-11-7-9(13)8-12/h9,11-13H,1-8,10H2. The zero-order valence-electron chi connectivity index (χ0n) is 8.21. The molecule has 0 heterocycles. The largest absolute Gasteiger partial charge is 0.394 e. The molecule has 1 unspecified atom stereocenters. The van der Waals surface area contributed by atoms with Crippen LogP contribution < -0.4 is 11.1 Å². The molecule has 0 saturated heterocycles. The monoisotopic (exact) mass is 190 g/mol. The van der Waals surface area contributed by atoms with Crippen molar-refractivity contribution >= 4 is 0 Å². The van der Waals surface area contributed by atoms with Gasteiger partial charge in [0.05, 0.1) is 12.7 Å². The Morgan fingerprint density at radius 2 is 1.85 bits per heavy atom. The Morgan fingerprint density at radius 3 is 2.46 bits per heavy atom. The van der Waals surface area contributed by atoms with Crippen molar-refractivity contribution in [2.45, 2.75) is 31.8 Å². The molecule has 13 heavy (non-hydrogen) atoms. The Bertz CT molecular complexity index is 102. The van der Waals surface area contributed by atoms with Crippen molar-refractivity contribution < 1.29 is 10.2 Å². The van der Waals surface area contributed by atoms with Crippen molar-refractivity contribution in [3.8, 4) is 0 Å². The van der Waals surface area contributed by atoms with Gasteiger partial charge in [-0.3, -0.25) is 0 Å². The van der Waals surface area contributed by atoms with Crippen LogP contribution in [0, 0.1) is 0 Å². The fourth-order valence-electron chi connectivity index (χ4n) is 1.08. The molecule has 0 aromatic rings. The summed E-state index contributed by atoms with van der Waals surface area (Å²) in [5.41, 5.74) is 5.35. The van der Waals surface area contributed by atoms with Crippen LogP contribution in [-0.2, 0) is 0 Å². The number of hydrogen-bond acceptors (Lipinski definition) is 4. The van der Waals surface area contributed by atoms with Crippen LogP contribution in [0.5, 0.6) is 0 Å². The van der Waals surface area contributed by atoms with E-state index in [0.717, 1.165) is 25.9 Å². The van der Waals surface area contributed by atoms with Gasteiger partial charge in [-0.1, -0.05) is 12.8 Å². The topological polar surface area (TPSA) is 78.5 Å². The van der Waals surface area contributed by atoms with Crippen LogP contribution >= 0.6 is 0 Å². The number of hydrogen-bond donors (Lipinski definition) is 4. The van der Waals surface area contributed by atoms with Gasteiger partial charge in [-0.15, -0.1) is 0 Å². The Morgan fingerprint density at radius 1 is 1.15 bits per heavy atom. The molecular weight excluding hydrogens is 168 g/mol. The molecule has 0 amide bonds. The summed E-state index contributed by atoms with van der Waals surface area (Å²) >= 11 is 0. The summed E-state index contributed by atoms with van der Waals surface area (Å²) in [4.78, 5) is 0. The Labute approximate surface area is 80.1 Å². The van der Waals surface area contributed by atoms with E-state index in [0.29, 0.717) is 6.54 Å². The number of aliphatic hydroxyl groups excluding tert-OH is 2. The molecule has 4 heteroatoms. The molecule has 0 saturated carbocycles. The van der Waals surface area contributed by atoms with Crippen LogP contribution in [0.1, 0.15) is 25.7 Å². The van der Waals surface area contributed by atoms with Crippen LogP contribution in [0.15, 0.2) is 0 Å². The number of nitrogens with one attached hydrogen (secondary N) is 1. The molecule has 1 atom stereocenters. The molecule has 0 aliphatic carbocycles.